The van der Waals surface area contributed by atoms with Gasteiger partial charge < -0.3 is 19.5 Å². The summed E-state index contributed by atoms with van der Waals surface area (Å²) < 4.78 is 15.0. The van der Waals surface area contributed by atoms with E-state index >= 15 is 0 Å². The zero-order valence-electron chi connectivity index (χ0n) is 16.8. The summed E-state index contributed by atoms with van der Waals surface area (Å²) in [4.78, 5) is 35.0. The van der Waals surface area contributed by atoms with E-state index in [1.165, 1.54) is 6.92 Å². The second kappa shape index (κ2) is 11.5. The lowest BCUT2D eigenvalue weighted by Crippen LogP contribution is -2.37. The van der Waals surface area contributed by atoms with Crippen molar-refractivity contribution in [3.63, 3.8) is 0 Å². The molecule has 7 heteroatoms. The Kier molecular flexibility index (Phi) is 10.6. The van der Waals surface area contributed by atoms with Crippen LogP contribution >= 0.6 is 0 Å². The Morgan fingerprint density at radius 2 is 1.58 bits per heavy atom. The van der Waals surface area contributed by atoms with E-state index in [0.717, 1.165) is 6.42 Å². The molecule has 0 aromatic carbocycles. The van der Waals surface area contributed by atoms with E-state index in [9.17, 15) is 14.4 Å². The van der Waals surface area contributed by atoms with Gasteiger partial charge in [0.25, 0.3) is 0 Å². The minimum atomic E-state index is -0.666. The monoisotopic (exact) mass is 371 g/mol. The van der Waals surface area contributed by atoms with Crippen molar-refractivity contribution in [2.45, 2.75) is 48.0 Å². The number of alkyl carbamates (subject to hydrolysis) is 1. The summed E-state index contributed by atoms with van der Waals surface area (Å²) in [6.45, 7) is 15.1. The van der Waals surface area contributed by atoms with Gasteiger partial charge in [0.15, 0.2) is 0 Å². The van der Waals surface area contributed by atoms with Gasteiger partial charge in [0.2, 0.25) is 0 Å². The average Bonchev–Trinajstić information content (AvgIpc) is 2.53. The smallest absolute Gasteiger partial charge is 0.407 e. The van der Waals surface area contributed by atoms with E-state index in [4.69, 9.17) is 14.2 Å². The summed E-state index contributed by atoms with van der Waals surface area (Å²) in [6, 6.07) is 0. The van der Waals surface area contributed by atoms with Crippen LogP contribution in [-0.2, 0) is 23.8 Å². The molecule has 0 saturated carbocycles. The predicted octanol–water partition coefficient (Wildman–Crippen LogP) is 3.08. The molecule has 0 spiro atoms. The van der Waals surface area contributed by atoms with Crippen molar-refractivity contribution in [2.75, 3.05) is 26.4 Å². The minimum absolute atomic E-state index is 0.00268. The van der Waals surface area contributed by atoms with Gasteiger partial charge in [0, 0.05) is 5.57 Å². The molecular formula is C19H33NO6. The van der Waals surface area contributed by atoms with Crippen molar-refractivity contribution in [3.05, 3.63) is 12.2 Å². The number of ether oxygens (including phenoxy) is 3. The van der Waals surface area contributed by atoms with Crippen molar-refractivity contribution in [3.8, 4) is 0 Å². The molecule has 0 aromatic rings. The molecule has 7 nitrogen and oxygen atoms in total. The third-order valence-corrected chi connectivity index (χ3v) is 4.08. The largest absolute Gasteiger partial charge is 0.462 e. The van der Waals surface area contributed by atoms with Crippen LogP contribution in [0.25, 0.3) is 0 Å². The van der Waals surface area contributed by atoms with Gasteiger partial charge >= 0.3 is 18.0 Å². The molecule has 0 unspecified atom stereocenters. The Bertz CT molecular complexity index is 500. The highest BCUT2D eigenvalue weighted by atomic mass is 16.6. The summed E-state index contributed by atoms with van der Waals surface area (Å²) in [5, 5.41) is 2.43. The minimum Gasteiger partial charge on any atom is -0.462 e. The molecule has 0 aromatic heterocycles. The van der Waals surface area contributed by atoms with Crippen LogP contribution in [0.4, 0.5) is 4.79 Å². The van der Waals surface area contributed by atoms with Gasteiger partial charge in [-0.1, -0.05) is 34.3 Å². The summed E-state index contributed by atoms with van der Waals surface area (Å²) in [5.74, 6) is -0.280. The van der Waals surface area contributed by atoms with E-state index in [0.29, 0.717) is 11.5 Å². The van der Waals surface area contributed by atoms with Crippen LogP contribution in [0, 0.1) is 17.3 Å². The normalized spacial score (nSPS) is 13.1. The molecule has 0 bridgehead atoms. The molecule has 1 atom stereocenters. The van der Waals surface area contributed by atoms with Gasteiger partial charge in [-0.2, -0.15) is 0 Å². The van der Waals surface area contributed by atoms with Crippen LogP contribution < -0.4 is 5.32 Å². The number of hydrogen-bond donors (Lipinski definition) is 1. The van der Waals surface area contributed by atoms with Crippen molar-refractivity contribution in [1.82, 2.24) is 5.32 Å². The standard InChI is InChI=1S/C19H33NO6/c1-13(2)12-19(7,15(5)6)17(22)25-10-11-26-18(23)20-8-9-24-16(21)14(3)4/h13,15H,3,8-12H2,1-2,4-7H3,(H,20,23)/t19-/m0/s1. The maximum atomic E-state index is 12.4. The maximum absolute atomic E-state index is 12.4. The van der Waals surface area contributed by atoms with Crippen molar-refractivity contribution < 1.29 is 28.6 Å². The molecule has 0 radical (unpaired) electrons. The van der Waals surface area contributed by atoms with Gasteiger partial charge in [0.1, 0.15) is 19.8 Å². The Hall–Kier alpha value is -2.05. The van der Waals surface area contributed by atoms with Crippen molar-refractivity contribution >= 4 is 18.0 Å². The molecule has 0 heterocycles. The zero-order valence-corrected chi connectivity index (χ0v) is 16.8. The van der Waals surface area contributed by atoms with Gasteiger partial charge in [0.05, 0.1) is 12.0 Å². The first kappa shape index (κ1) is 23.9. The number of nitrogens with one attached hydrogen (secondary N) is 1. The van der Waals surface area contributed by atoms with Crippen LogP contribution in [0.2, 0.25) is 0 Å². The lowest BCUT2D eigenvalue weighted by molar-refractivity contribution is -0.160. The third-order valence-electron chi connectivity index (χ3n) is 4.08. The second-order valence-electron chi connectivity index (χ2n) is 7.29. The summed E-state index contributed by atoms with van der Waals surface area (Å²) in [7, 11) is 0. The molecule has 0 aliphatic heterocycles. The van der Waals surface area contributed by atoms with E-state index < -0.39 is 17.5 Å². The number of rotatable bonds is 11. The summed E-state index contributed by atoms with van der Waals surface area (Å²) in [6.07, 6.45) is 0.0644. The zero-order chi connectivity index (χ0) is 20.3. The van der Waals surface area contributed by atoms with Crippen LogP contribution in [0.3, 0.4) is 0 Å². The fourth-order valence-electron chi connectivity index (χ4n) is 2.31. The highest BCUT2D eigenvalue weighted by Crippen LogP contribution is 2.35. The van der Waals surface area contributed by atoms with Gasteiger partial charge in [-0.05, 0) is 32.1 Å². The van der Waals surface area contributed by atoms with E-state index in [1.54, 1.807) is 0 Å². The Morgan fingerprint density at radius 3 is 2.08 bits per heavy atom. The molecule has 1 amide bonds. The first-order chi connectivity index (χ1) is 12.0. The van der Waals surface area contributed by atoms with Gasteiger partial charge in [-0.15, -0.1) is 0 Å². The molecular weight excluding hydrogens is 338 g/mol. The van der Waals surface area contributed by atoms with Crippen LogP contribution in [-0.4, -0.2) is 44.4 Å². The first-order valence-corrected chi connectivity index (χ1v) is 8.91. The van der Waals surface area contributed by atoms with Crippen molar-refractivity contribution in [1.29, 1.82) is 0 Å². The first-order valence-electron chi connectivity index (χ1n) is 8.91. The Labute approximate surface area is 156 Å². The molecule has 0 saturated heterocycles. The Morgan fingerprint density at radius 1 is 1.00 bits per heavy atom. The fourth-order valence-corrected chi connectivity index (χ4v) is 2.31. The summed E-state index contributed by atoms with van der Waals surface area (Å²) in [5.41, 5.74) is -0.274. The van der Waals surface area contributed by atoms with Crippen LogP contribution in [0.1, 0.15) is 48.0 Å². The van der Waals surface area contributed by atoms with Gasteiger partial charge in [-0.3, -0.25) is 4.79 Å². The molecule has 0 fully saturated rings. The predicted molar refractivity (Wildman–Crippen MR) is 98.5 cm³/mol. The highest BCUT2D eigenvalue weighted by Gasteiger charge is 2.38. The van der Waals surface area contributed by atoms with Crippen LogP contribution in [0.15, 0.2) is 12.2 Å². The number of hydrogen-bond acceptors (Lipinski definition) is 6. The number of esters is 2. The molecule has 1 N–H and O–H groups in total. The highest BCUT2D eigenvalue weighted by molar-refractivity contribution is 5.86. The third kappa shape index (κ3) is 8.87. The average molecular weight is 371 g/mol. The van der Waals surface area contributed by atoms with E-state index in [-0.39, 0.29) is 38.3 Å². The van der Waals surface area contributed by atoms with E-state index in [2.05, 4.69) is 25.7 Å². The molecule has 26 heavy (non-hydrogen) atoms. The second-order valence-corrected chi connectivity index (χ2v) is 7.29. The molecule has 150 valence electrons. The van der Waals surface area contributed by atoms with Crippen molar-refractivity contribution in [2.24, 2.45) is 17.3 Å². The quantitative estimate of drug-likeness (QED) is 0.260. The number of carbonyl (C=O) groups is 3. The lowest BCUT2D eigenvalue weighted by Gasteiger charge is -2.32. The lowest BCUT2D eigenvalue weighted by atomic mass is 9.73. The maximum Gasteiger partial charge on any atom is 0.407 e. The van der Waals surface area contributed by atoms with Crippen LogP contribution in [0.5, 0.6) is 0 Å². The van der Waals surface area contributed by atoms with E-state index in [1.807, 2.05) is 20.8 Å². The van der Waals surface area contributed by atoms with Gasteiger partial charge in [-0.25, -0.2) is 9.59 Å². The topological polar surface area (TPSA) is 90.9 Å². The molecule has 0 aliphatic carbocycles. The number of carbonyl (C=O) groups excluding carboxylic acids is 3. The summed E-state index contributed by atoms with van der Waals surface area (Å²) >= 11 is 0. The fraction of sp³-hybridized carbons (Fsp3) is 0.737. The molecule has 0 rings (SSSR count). The Balaban J connectivity index is 4.06. The SMILES string of the molecule is C=C(C)C(=O)OCCNC(=O)OCCOC(=O)[C@@](C)(CC(C)C)C(C)C. The molecule has 0 aliphatic rings. The number of amides is 1.